The molecule has 1 aliphatic heterocycles. The van der Waals surface area contributed by atoms with Crippen molar-refractivity contribution in [2.75, 3.05) is 41.1 Å². The van der Waals surface area contributed by atoms with Gasteiger partial charge in [-0.1, -0.05) is 0 Å². The number of rotatable bonds is 5. The molecule has 0 aromatic heterocycles. The molecule has 0 spiro atoms. The molecule has 0 aliphatic carbocycles. The van der Waals surface area contributed by atoms with Gasteiger partial charge in [0.2, 0.25) is 0 Å². The third kappa shape index (κ3) is 15.0. The summed E-state index contributed by atoms with van der Waals surface area (Å²) in [6.45, 7) is 4.12. The molecule has 0 amide bonds. The third-order valence-corrected chi connectivity index (χ3v) is 2.13. The predicted molar refractivity (Wildman–Crippen MR) is 73.1 cm³/mol. The minimum atomic E-state index is -0.132. The lowest BCUT2D eigenvalue weighted by molar-refractivity contribution is -0.142. The Morgan fingerprint density at radius 3 is 2.37 bits per heavy atom. The van der Waals surface area contributed by atoms with Gasteiger partial charge in [-0.25, -0.2) is 0 Å². The van der Waals surface area contributed by atoms with Crippen LogP contribution >= 0.6 is 0 Å². The first kappa shape index (κ1) is 20.3. The fourth-order valence-electron chi connectivity index (χ4n) is 1.30. The highest BCUT2D eigenvalue weighted by molar-refractivity contribution is 5.75. The Bertz CT molecular complexity index is 205. The van der Waals surface area contributed by atoms with Crippen molar-refractivity contribution >= 4 is 12.3 Å². The van der Waals surface area contributed by atoms with Gasteiger partial charge >= 0.3 is 5.97 Å². The van der Waals surface area contributed by atoms with Crippen LogP contribution in [0, 0.1) is 0 Å². The summed E-state index contributed by atoms with van der Waals surface area (Å²) in [7, 11) is 4.67. The van der Waals surface area contributed by atoms with Crippen molar-refractivity contribution in [2.45, 2.75) is 32.2 Å². The molecule has 114 valence electrons. The molecular weight excluding hydrogens is 250 g/mol. The van der Waals surface area contributed by atoms with E-state index in [-0.39, 0.29) is 12.0 Å². The normalized spacial score (nSPS) is 16.5. The van der Waals surface area contributed by atoms with E-state index in [1.54, 1.807) is 14.2 Å². The summed E-state index contributed by atoms with van der Waals surface area (Å²) in [5.41, 5.74) is 0. The zero-order valence-electron chi connectivity index (χ0n) is 12.4. The molecule has 1 N–H and O–H groups in total. The summed E-state index contributed by atoms with van der Waals surface area (Å²) in [4.78, 5) is 20.3. The SMILES string of the molecule is CCOCCC=O.COC.COC(=O)C1CCCN1. The molecular formula is C13H27NO5. The van der Waals surface area contributed by atoms with E-state index in [1.807, 2.05) is 6.92 Å². The summed E-state index contributed by atoms with van der Waals surface area (Å²) in [5.74, 6) is -0.132. The molecule has 0 radical (unpaired) electrons. The van der Waals surface area contributed by atoms with Gasteiger partial charge in [-0.05, 0) is 26.3 Å². The van der Waals surface area contributed by atoms with Gasteiger partial charge in [-0.2, -0.15) is 0 Å². The molecule has 0 aromatic rings. The van der Waals surface area contributed by atoms with Crippen LogP contribution in [0.3, 0.4) is 0 Å². The van der Waals surface area contributed by atoms with Gasteiger partial charge in [0, 0.05) is 27.2 Å². The van der Waals surface area contributed by atoms with Crippen LogP contribution in [0.4, 0.5) is 0 Å². The van der Waals surface area contributed by atoms with Crippen LogP contribution in [0.25, 0.3) is 0 Å². The van der Waals surface area contributed by atoms with E-state index in [0.717, 1.165) is 25.7 Å². The van der Waals surface area contributed by atoms with Gasteiger partial charge in [0.05, 0.1) is 13.7 Å². The van der Waals surface area contributed by atoms with Crippen LogP contribution in [0.15, 0.2) is 0 Å². The lowest BCUT2D eigenvalue weighted by atomic mass is 10.2. The quantitative estimate of drug-likeness (QED) is 0.455. The number of ether oxygens (including phenoxy) is 3. The Hall–Kier alpha value is -0.980. The van der Waals surface area contributed by atoms with Crippen LogP contribution in [0.5, 0.6) is 0 Å². The standard InChI is InChI=1S/C6H11NO2.C5H10O2.C2H6O/c1-9-6(8)5-3-2-4-7-5;1-2-7-5-3-4-6;1-3-2/h5,7H,2-4H2,1H3;4H,2-3,5H2,1H3;1-2H3. The van der Waals surface area contributed by atoms with Gasteiger partial charge in [-0.15, -0.1) is 0 Å². The molecule has 0 saturated carbocycles. The van der Waals surface area contributed by atoms with Crippen molar-refractivity contribution in [1.82, 2.24) is 5.32 Å². The molecule has 0 bridgehead atoms. The second kappa shape index (κ2) is 17.0. The van der Waals surface area contributed by atoms with Crippen molar-refractivity contribution < 1.29 is 23.8 Å². The summed E-state index contributed by atoms with van der Waals surface area (Å²) < 4.78 is 13.6. The van der Waals surface area contributed by atoms with Crippen LogP contribution in [-0.4, -0.2) is 59.4 Å². The van der Waals surface area contributed by atoms with Gasteiger partial charge in [0.15, 0.2) is 0 Å². The average molecular weight is 277 g/mol. The zero-order valence-corrected chi connectivity index (χ0v) is 12.4. The van der Waals surface area contributed by atoms with E-state index in [2.05, 4.69) is 14.8 Å². The van der Waals surface area contributed by atoms with Crippen LogP contribution in [0.1, 0.15) is 26.2 Å². The van der Waals surface area contributed by atoms with E-state index in [1.165, 1.54) is 7.11 Å². The predicted octanol–water partition coefficient (Wildman–Crippen LogP) is 0.786. The van der Waals surface area contributed by atoms with E-state index in [0.29, 0.717) is 19.6 Å². The number of hydrogen-bond donors (Lipinski definition) is 1. The minimum absolute atomic E-state index is 0.0324. The van der Waals surface area contributed by atoms with E-state index < -0.39 is 0 Å². The number of methoxy groups -OCH3 is 2. The molecule has 1 rings (SSSR count). The molecule has 6 heteroatoms. The molecule has 1 saturated heterocycles. The van der Waals surface area contributed by atoms with E-state index >= 15 is 0 Å². The monoisotopic (exact) mass is 277 g/mol. The first-order chi connectivity index (χ1) is 9.17. The Morgan fingerprint density at radius 2 is 2.00 bits per heavy atom. The van der Waals surface area contributed by atoms with E-state index in [4.69, 9.17) is 4.74 Å². The topological polar surface area (TPSA) is 73.9 Å². The highest BCUT2D eigenvalue weighted by atomic mass is 16.5. The van der Waals surface area contributed by atoms with Crippen LogP contribution in [0.2, 0.25) is 0 Å². The maximum atomic E-state index is 10.7. The molecule has 6 nitrogen and oxygen atoms in total. The number of aldehydes is 1. The smallest absolute Gasteiger partial charge is 0.322 e. The number of hydrogen-bond acceptors (Lipinski definition) is 6. The second-order valence-electron chi connectivity index (χ2n) is 3.73. The summed E-state index contributed by atoms with van der Waals surface area (Å²) in [5, 5.41) is 3.03. The summed E-state index contributed by atoms with van der Waals surface area (Å²) >= 11 is 0. The first-order valence-electron chi connectivity index (χ1n) is 6.40. The molecule has 1 heterocycles. The molecule has 0 aromatic carbocycles. The number of carbonyl (C=O) groups excluding carboxylic acids is 2. The van der Waals surface area contributed by atoms with Crippen molar-refractivity contribution in [1.29, 1.82) is 0 Å². The van der Waals surface area contributed by atoms with Crippen molar-refractivity contribution in [2.24, 2.45) is 0 Å². The Kier molecular flexibility index (Phi) is 18.2. The fourth-order valence-corrected chi connectivity index (χ4v) is 1.30. The summed E-state index contributed by atoms with van der Waals surface area (Å²) in [6, 6.07) is -0.0324. The van der Waals surface area contributed by atoms with Crippen molar-refractivity contribution in [3.8, 4) is 0 Å². The highest BCUT2D eigenvalue weighted by Gasteiger charge is 2.21. The lowest BCUT2D eigenvalue weighted by Gasteiger charge is -2.04. The number of esters is 1. The minimum Gasteiger partial charge on any atom is -0.468 e. The second-order valence-corrected chi connectivity index (χ2v) is 3.73. The Labute approximate surface area is 115 Å². The molecule has 19 heavy (non-hydrogen) atoms. The zero-order chi connectivity index (χ0) is 14.9. The lowest BCUT2D eigenvalue weighted by Crippen LogP contribution is -2.31. The van der Waals surface area contributed by atoms with Crippen LogP contribution < -0.4 is 5.32 Å². The number of nitrogens with one attached hydrogen (secondary N) is 1. The maximum absolute atomic E-state index is 10.7. The van der Waals surface area contributed by atoms with Gasteiger partial charge in [0.25, 0.3) is 0 Å². The Balaban J connectivity index is 0. The van der Waals surface area contributed by atoms with Gasteiger partial charge in [0.1, 0.15) is 12.3 Å². The Morgan fingerprint density at radius 1 is 1.37 bits per heavy atom. The highest BCUT2D eigenvalue weighted by Crippen LogP contribution is 2.05. The van der Waals surface area contributed by atoms with E-state index in [9.17, 15) is 9.59 Å². The molecule has 1 aliphatic rings. The molecule has 1 unspecified atom stereocenters. The largest absolute Gasteiger partial charge is 0.468 e. The fraction of sp³-hybridized carbons (Fsp3) is 0.846. The number of carbonyl (C=O) groups is 2. The van der Waals surface area contributed by atoms with Crippen LogP contribution in [-0.2, 0) is 23.8 Å². The van der Waals surface area contributed by atoms with Crippen molar-refractivity contribution in [3.63, 3.8) is 0 Å². The van der Waals surface area contributed by atoms with Gasteiger partial charge in [-0.3, -0.25) is 4.79 Å². The molecule has 1 atom stereocenters. The van der Waals surface area contributed by atoms with Crippen molar-refractivity contribution in [3.05, 3.63) is 0 Å². The van der Waals surface area contributed by atoms with Gasteiger partial charge < -0.3 is 24.3 Å². The third-order valence-electron chi connectivity index (χ3n) is 2.13. The first-order valence-corrected chi connectivity index (χ1v) is 6.40. The maximum Gasteiger partial charge on any atom is 0.322 e. The summed E-state index contributed by atoms with van der Waals surface area (Å²) in [6.07, 6.45) is 3.38. The molecule has 1 fully saturated rings. The average Bonchev–Trinajstić information content (AvgIpc) is 2.94.